The van der Waals surface area contributed by atoms with Crippen LogP contribution in [0.1, 0.15) is 37.0 Å². The van der Waals surface area contributed by atoms with Gasteiger partial charge < -0.3 is 10.3 Å². The Morgan fingerprint density at radius 2 is 1.91 bits per heavy atom. The van der Waals surface area contributed by atoms with Gasteiger partial charge in [0, 0.05) is 16.8 Å². The van der Waals surface area contributed by atoms with E-state index < -0.39 is 5.56 Å². The Labute approximate surface area is 134 Å². The molecule has 0 fully saturated rings. The summed E-state index contributed by atoms with van der Waals surface area (Å²) in [7, 11) is 0. The van der Waals surface area contributed by atoms with Gasteiger partial charge in [0.05, 0.1) is 0 Å². The van der Waals surface area contributed by atoms with Gasteiger partial charge in [-0.15, -0.1) is 0 Å². The SMILES string of the molecule is CCC[C@@H](C)NC(=O)c1ccc(-c2ccc(Cl)cc2)[nH]c1=O. The Balaban J connectivity index is 2.21. The number of halogens is 1. The lowest BCUT2D eigenvalue weighted by Crippen LogP contribution is -2.35. The molecule has 0 spiro atoms. The molecule has 0 aliphatic heterocycles. The minimum atomic E-state index is -0.395. The summed E-state index contributed by atoms with van der Waals surface area (Å²) in [6, 6.07) is 10.5. The normalized spacial score (nSPS) is 12.0. The first-order valence-corrected chi connectivity index (χ1v) is 7.69. The molecule has 0 aliphatic rings. The molecule has 0 aliphatic carbocycles. The van der Waals surface area contributed by atoms with Gasteiger partial charge in [-0.05, 0) is 43.2 Å². The first-order chi connectivity index (χ1) is 10.5. The average molecular weight is 319 g/mol. The van der Waals surface area contributed by atoms with Crippen molar-refractivity contribution in [1.29, 1.82) is 0 Å². The predicted octanol–water partition coefficient (Wildman–Crippen LogP) is 3.61. The molecule has 1 aromatic carbocycles. The third kappa shape index (κ3) is 3.98. The number of hydrogen-bond donors (Lipinski definition) is 2. The number of amides is 1. The molecule has 116 valence electrons. The fourth-order valence-electron chi connectivity index (χ4n) is 2.26. The van der Waals surface area contributed by atoms with Gasteiger partial charge in [-0.2, -0.15) is 0 Å². The van der Waals surface area contributed by atoms with Gasteiger partial charge in [0.1, 0.15) is 5.56 Å². The largest absolute Gasteiger partial charge is 0.349 e. The van der Waals surface area contributed by atoms with Crippen molar-refractivity contribution in [2.45, 2.75) is 32.7 Å². The van der Waals surface area contributed by atoms with Crippen LogP contribution in [-0.4, -0.2) is 16.9 Å². The Bertz CT molecular complexity index is 707. The first-order valence-electron chi connectivity index (χ1n) is 7.31. The van der Waals surface area contributed by atoms with Crippen LogP contribution in [0.2, 0.25) is 5.02 Å². The van der Waals surface area contributed by atoms with Gasteiger partial charge in [-0.25, -0.2) is 0 Å². The van der Waals surface area contributed by atoms with Gasteiger partial charge in [0.25, 0.3) is 11.5 Å². The van der Waals surface area contributed by atoms with Crippen LogP contribution in [0.5, 0.6) is 0 Å². The number of nitrogens with one attached hydrogen (secondary N) is 2. The van der Waals surface area contributed by atoms with Crippen LogP contribution in [0.15, 0.2) is 41.2 Å². The van der Waals surface area contributed by atoms with Crippen molar-refractivity contribution in [3.63, 3.8) is 0 Å². The molecule has 5 heteroatoms. The number of benzene rings is 1. The lowest BCUT2D eigenvalue weighted by molar-refractivity contribution is 0.0937. The smallest absolute Gasteiger partial charge is 0.261 e. The highest BCUT2D eigenvalue weighted by molar-refractivity contribution is 6.30. The molecule has 0 radical (unpaired) electrons. The summed E-state index contributed by atoms with van der Waals surface area (Å²) in [6.45, 7) is 3.98. The highest BCUT2D eigenvalue weighted by atomic mass is 35.5. The number of aromatic amines is 1. The van der Waals surface area contributed by atoms with Crippen LogP contribution in [0.4, 0.5) is 0 Å². The van der Waals surface area contributed by atoms with Crippen LogP contribution in [0.3, 0.4) is 0 Å². The minimum Gasteiger partial charge on any atom is -0.349 e. The predicted molar refractivity (Wildman–Crippen MR) is 89.3 cm³/mol. The van der Waals surface area contributed by atoms with E-state index in [2.05, 4.69) is 17.2 Å². The number of rotatable bonds is 5. The van der Waals surface area contributed by atoms with Gasteiger partial charge in [-0.3, -0.25) is 9.59 Å². The Morgan fingerprint density at radius 1 is 1.23 bits per heavy atom. The molecule has 0 unspecified atom stereocenters. The molecular weight excluding hydrogens is 300 g/mol. The molecule has 2 aromatic rings. The monoisotopic (exact) mass is 318 g/mol. The van der Waals surface area contributed by atoms with Crippen molar-refractivity contribution in [2.24, 2.45) is 0 Å². The Morgan fingerprint density at radius 3 is 2.50 bits per heavy atom. The maximum atomic E-state index is 12.1. The van der Waals surface area contributed by atoms with Crippen LogP contribution in [0.25, 0.3) is 11.3 Å². The summed E-state index contributed by atoms with van der Waals surface area (Å²) in [4.78, 5) is 27.0. The summed E-state index contributed by atoms with van der Waals surface area (Å²) in [5.41, 5.74) is 1.22. The van der Waals surface area contributed by atoms with E-state index in [0.717, 1.165) is 18.4 Å². The van der Waals surface area contributed by atoms with Crippen LogP contribution >= 0.6 is 11.6 Å². The second kappa shape index (κ2) is 7.27. The number of pyridine rings is 1. The molecule has 22 heavy (non-hydrogen) atoms. The average Bonchev–Trinajstić information content (AvgIpc) is 2.47. The van der Waals surface area contributed by atoms with Crippen molar-refractivity contribution in [2.75, 3.05) is 0 Å². The van der Waals surface area contributed by atoms with E-state index >= 15 is 0 Å². The molecule has 1 heterocycles. The summed E-state index contributed by atoms with van der Waals surface area (Å²) in [5.74, 6) is -0.343. The van der Waals surface area contributed by atoms with Crippen molar-refractivity contribution in [3.05, 3.63) is 57.3 Å². The van der Waals surface area contributed by atoms with Crippen LogP contribution < -0.4 is 10.9 Å². The molecule has 2 N–H and O–H groups in total. The third-order valence-electron chi connectivity index (χ3n) is 3.41. The topological polar surface area (TPSA) is 62.0 Å². The number of carbonyl (C=O) groups is 1. The van der Waals surface area contributed by atoms with E-state index in [1.54, 1.807) is 24.3 Å². The van der Waals surface area contributed by atoms with Gasteiger partial charge >= 0.3 is 0 Å². The lowest BCUT2D eigenvalue weighted by atomic mass is 10.1. The summed E-state index contributed by atoms with van der Waals surface area (Å²) < 4.78 is 0. The van der Waals surface area contributed by atoms with E-state index in [9.17, 15) is 9.59 Å². The molecule has 2 rings (SSSR count). The maximum Gasteiger partial charge on any atom is 0.261 e. The highest BCUT2D eigenvalue weighted by Gasteiger charge is 2.13. The Hall–Kier alpha value is -2.07. The van der Waals surface area contributed by atoms with Crippen molar-refractivity contribution in [1.82, 2.24) is 10.3 Å². The van der Waals surface area contributed by atoms with Crippen LogP contribution in [0, 0.1) is 0 Å². The molecule has 1 atom stereocenters. The standard InChI is InChI=1S/C17H19ClN2O2/c1-3-4-11(2)19-16(21)14-9-10-15(20-17(14)22)12-5-7-13(18)8-6-12/h5-11H,3-4H2,1-2H3,(H,19,21)(H,20,22)/t11-/m1/s1. The number of hydrogen-bond acceptors (Lipinski definition) is 2. The van der Waals surface area contributed by atoms with E-state index in [0.29, 0.717) is 10.7 Å². The van der Waals surface area contributed by atoms with Crippen molar-refractivity contribution in [3.8, 4) is 11.3 Å². The third-order valence-corrected chi connectivity index (χ3v) is 3.66. The zero-order valence-corrected chi connectivity index (χ0v) is 13.4. The fourth-order valence-corrected chi connectivity index (χ4v) is 2.38. The molecule has 1 amide bonds. The summed E-state index contributed by atoms with van der Waals surface area (Å²) in [6.07, 6.45) is 1.86. The summed E-state index contributed by atoms with van der Waals surface area (Å²) >= 11 is 5.85. The van der Waals surface area contributed by atoms with Gasteiger partial charge in [0.2, 0.25) is 0 Å². The van der Waals surface area contributed by atoms with E-state index in [1.165, 1.54) is 0 Å². The molecule has 4 nitrogen and oxygen atoms in total. The summed E-state index contributed by atoms with van der Waals surface area (Å²) in [5, 5.41) is 3.46. The zero-order valence-electron chi connectivity index (χ0n) is 12.7. The van der Waals surface area contributed by atoms with Gasteiger partial charge in [0.15, 0.2) is 0 Å². The number of carbonyl (C=O) groups excluding carboxylic acids is 1. The van der Waals surface area contributed by atoms with Crippen LogP contribution in [-0.2, 0) is 0 Å². The molecule has 0 bridgehead atoms. The molecular formula is C17H19ClN2O2. The zero-order chi connectivity index (χ0) is 16.1. The molecule has 0 saturated carbocycles. The quantitative estimate of drug-likeness (QED) is 0.884. The fraction of sp³-hybridized carbons (Fsp3) is 0.294. The molecule has 1 aromatic heterocycles. The Kier molecular flexibility index (Phi) is 5.39. The number of aromatic nitrogens is 1. The second-order valence-corrected chi connectivity index (χ2v) is 5.72. The number of H-pyrrole nitrogens is 1. The second-order valence-electron chi connectivity index (χ2n) is 5.28. The van der Waals surface area contributed by atoms with E-state index in [4.69, 9.17) is 11.6 Å². The minimum absolute atomic E-state index is 0.0489. The first kappa shape index (κ1) is 16.3. The van der Waals surface area contributed by atoms with Crippen molar-refractivity contribution < 1.29 is 4.79 Å². The molecule has 0 saturated heterocycles. The highest BCUT2D eigenvalue weighted by Crippen LogP contribution is 2.18. The van der Waals surface area contributed by atoms with E-state index in [1.807, 2.05) is 19.1 Å². The van der Waals surface area contributed by atoms with Gasteiger partial charge in [-0.1, -0.05) is 37.1 Å². The maximum absolute atomic E-state index is 12.1. The van der Waals surface area contributed by atoms with Crippen molar-refractivity contribution >= 4 is 17.5 Å². The van der Waals surface area contributed by atoms with E-state index in [-0.39, 0.29) is 17.5 Å². The lowest BCUT2D eigenvalue weighted by Gasteiger charge is -2.12.